The molecule has 1 aromatic carbocycles. The van der Waals surface area contributed by atoms with Gasteiger partial charge in [0.2, 0.25) is 0 Å². The van der Waals surface area contributed by atoms with Crippen LogP contribution >= 0.6 is 11.3 Å². The molecule has 140 valence electrons. The minimum absolute atomic E-state index is 0.143. The van der Waals surface area contributed by atoms with Crippen LogP contribution in [0.15, 0.2) is 40.6 Å². The van der Waals surface area contributed by atoms with E-state index in [1.54, 1.807) is 34.7 Å². The normalized spacial score (nSPS) is 16.8. The number of nitrogens with one attached hydrogen (secondary N) is 1. The van der Waals surface area contributed by atoms with Gasteiger partial charge >= 0.3 is 6.03 Å². The van der Waals surface area contributed by atoms with Crippen LogP contribution in [0.25, 0.3) is 10.9 Å². The van der Waals surface area contributed by atoms with Gasteiger partial charge in [0.15, 0.2) is 5.13 Å². The number of nitrogens with zero attached hydrogens (tertiary/aromatic N) is 4. The molecule has 0 bridgehead atoms. The maximum atomic E-state index is 12.9. The van der Waals surface area contributed by atoms with E-state index in [2.05, 4.69) is 15.3 Å². The second kappa shape index (κ2) is 7.45. The summed E-state index contributed by atoms with van der Waals surface area (Å²) in [6.45, 7) is 0.541. The van der Waals surface area contributed by atoms with Crippen molar-refractivity contribution in [1.29, 1.82) is 0 Å². The fourth-order valence-corrected chi connectivity index (χ4v) is 4.00. The summed E-state index contributed by atoms with van der Waals surface area (Å²) in [7, 11) is 0. The molecule has 1 unspecified atom stereocenters. The highest BCUT2D eigenvalue weighted by atomic mass is 32.1. The van der Waals surface area contributed by atoms with Gasteiger partial charge in [-0.3, -0.25) is 14.7 Å². The predicted molar refractivity (Wildman–Crippen MR) is 103 cm³/mol. The number of likely N-dealkylation sites (tertiary alicyclic amines) is 1. The number of carbonyl (C=O) groups excluding carboxylic acids is 1. The fraction of sp³-hybridized carbons (Fsp3) is 0.333. The number of aliphatic hydroxyl groups excluding tert-OH is 1. The SMILES string of the molecule is O=C(Nc1nccs1)N1CCCC1c1nc2ccccc2c(=O)n1CCO. The molecule has 2 aromatic heterocycles. The number of amides is 2. The lowest BCUT2D eigenvalue weighted by molar-refractivity contribution is 0.201. The monoisotopic (exact) mass is 385 g/mol. The molecule has 9 heteroatoms. The minimum atomic E-state index is -0.325. The van der Waals surface area contributed by atoms with Crippen molar-refractivity contribution in [2.24, 2.45) is 0 Å². The number of fused-ring (bicyclic) bond motifs is 1. The Labute approximate surface area is 159 Å². The number of thiazole rings is 1. The zero-order valence-electron chi connectivity index (χ0n) is 14.5. The molecule has 1 atom stereocenters. The summed E-state index contributed by atoms with van der Waals surface area (Å²) in [5, 5.41) is 15.1. The van der Waals surface area contributed by atoms with E-state index in [0.29, 0.717) is 34.8 Å². The van der Waals surface area contributed by atoms with Crippen LogP contribution in [0.4, 0.5) is 9.93 Å². The molecule has 2 amide bonds. The highest BCUT2D eigenvalue weighted by Gasteiger charge is 2.33. The largest absolute Gasteiger partial charge is 0.395 e. The Bertz CT molecular complexity index is 1020. The number of urea groups is 1. The smallest absolute Gasteiger partial charge is 0.324 e. The number of carbonyl (C=O) groups is 1. The third kappa shape index (κ3) is 3.31. The average Bonchev–Trinajstić information content (AvgIpc) is 3.35. The zero-order chi connectivity index (χ0) is 18.8. The standard InChI is InChI=1S/C18H19N5O3S/c24-10-9-23-15(20-13-5-2-1-4-12(13)16(23)25)14-6-3-8-22(14)18(26)21-17-19-7-11-27-17/h1-2,4-5,7,11,14,24H,3,6,8-10H2,(H,19,21,26). The van der Waals surface area contributed by atoms with Gasteiger partial charge in [0.1, 0.15) is 5.82 Å². The van der Waals surface area contributed by atoms with Crippen LogP contribution in [0.3, 0.4) is 0 Å². The summed E-state index contributed by atoms with van der Waals surface area (Å²) >= 11 is 1.35. The van der Waals surface area contributed by atoms with Crippen LogP contribution in [0, 0.1) is 0 Å². The number of benzene rings is 1. The van der Waals surface area contributed by atoms with Gasteiger partial charge in [0.25, 0.3) is 5.56 Å². The maximum Gasteiger partial charge on any atom is 0.324 e. The third-order valence-electron chi connectivity index (χ3n) is 4.67. The Balaban J connectivity index is 1.74. The first-order valence-electron chi connectivity index (χ1n) is 8.76. The lowest BCUT2D eigenvalue weighted by Gasteiger charge is -2.26. The van der Waals surface area contributed by atoms with Crippen molar-refractivity contribution in [3.8, 4) is 0 Å². The number of hydrogen-bond donors (Lipinski definition) is 2. The van der Waals surface area contributed by atoms with Crippen molar-refractivity contribution in [3.05, 3.63) is 52.0 Å². The average molecular weight is 385 g/mol. The summed E-state index contributed by atoms with van der Waals surface area (Å²) in [5.74, 6) is 0.513. The Kier molecular flexibility index (Phi) is 4.87. The third-order valence-corrected chi connectivity index (χ3v) is 5.36. The number of hydrogen-bond acceptors (Lipinski definition) is 6. The maximum absolute atomic E-state index is 12.9. The molecule has 0 radical (unpaired) electrons. The van der Waals surface area contributed by atoms with E-state index in [1.165, 1.54) is 15.9 Å². The molecule has 3 heterocycles. The molecule has 0 aliphatic carbocycles. The van der Waals surface area contributed by atoms with Crippen LogP contribution in [-0.4, -0.2) is 43.7 Å². The molecule has 2 N–H and O–H groups in total. The summed E-state index contributed by atoms with van der Waals surface area (Å²) in [5.41, 5.74) is 0.399. The number of aromatic nitrogens is 3. The molecular formula is C18H19N5O3S. The quantitative estimate of drug-likeness (QED) is 0.717. The van der Waals surface area contributed by atoms with Gasteiger partial charge in [-0.05, 0) is 25.0 Å². The van der Waals surface area contributed by atoms with Gasteiger partial charge in [-0.15, -0.1) is 11.3 Å². The van der Waals surface area contributed by atoms with E-state index in [9.17, 15) is 14.7 Å². The van der Waals surface area contributed by atoms with Crippen molar-refractivity contribution in [2.75, 3.05) is 18.5 Å². The Morgan fingerprint density at radius 2 is 2.22 bits per heavy atom. The van der Waals surface area contributed by atoms with Gasteiger partial charge in [0, 0.05) is 18.1 Å². The van der Waals surface area contributed by atoms with Gasteiger partial charge < -0.3 is 10.0 Å². The summed E-state index contributed by atoms with van der Waals surface area (Å²) in [4.78, 5) is 36.1. The van der Waals surface area contributed by atoms with Crippen LogP contribution in [0.1, 0.15) is 24.7 Å². The van der Waals surface area contributed by atoms with Crippen molar-refractivity contribution >= 4 is 33.4 Å². The Morgan fingerprint density at radius 3 is 3.00 bits per heavy atom. The summed E-state index contributed by atoms with van der Waals surface area (Å²) in [6, 6.07) is 6.55. The van der Waals surface area contributed by atoms with Crippen LogP contribution < -0.4 is 10.9 Å². The highest BCUT2D eigenvalue weighted by molar-refractivity contribution is 7.13. The molecule has 4 rings (SSSR count). The Hall–Kier alpha value is -2.78. The topological polar surface area (TPSA) is 100 Å². The van der Waals surface area contributed by atoms with Crippen molar-refractivity contribution in [2.45, 2.75) is 25.4 Å². The molecule has 1 aliphatic rings. The number of aliphatic hydroxyl groups is 1. The minimum Gasteiger partial charge on any atom is -0.395 e. The molecular weight excluding hydrogens is 366 g/mol. The molecule has 0 saturated carbocycles. The fourth-order valence-electron chi connectivity index (χ4n) is 3.48. The number of anilines is 1. The van der Waals surface area contributed by atoms with Crippen molar-refractivity contribution in [1.82, 2.24) is 19.4 Å². The summed E-state index contributed by atoms with van der Waals surface area (Å²) in [6.07, 6.45) is 3.16. The van der Waals surface area contributed by atoms with Gasteiger partial charge in [0.05, 0.1) is 30.1 Å². The number of rotatable bonds is 4. The lowest BCUT2D eigenvalue weighted by atomic mass is 10.1. The van der Waals surface area contributed by atoms with Crippen LogP contribution in [-0.2, 0) is 6.54 Å². The first-order chi connectivity index (χ1) is 13.2. The van der Waals surface area contributed by atoms with Gasteiger partial charge in [-0.1, -0.05) is 12.1 Å². The van der Waals surface area contributed by atoms with E-state index in [-0.39, 0.29) is 30.8 Å². The Morgan fingerprint density at radius 1 is 1.37 bits per heavy atom. The first kappa shape index (κ1) is 17.6. The molecule has 3 aromatic rings. The van der Waals surface area contributed by atoms with Crippen molar-refractivity contribution in [3.63, 3.8) is 0 Å². The molecule has 8 nitrogen and oxygen atoms in total. The molecule has 1 fully saturated rings. The molecule has 1 aliphatic heterocycles. The van der Waals surface area contributed by atoms with Crippen molar-refractivity contribution < 1.29 is 9.90 Å². The predicted octanol–water partition coefficient (Wildman–Crippen LogP) is 2.21. The van der Waals surface area contributed by atoms with E-state index in [1.807, 2.05) is 6.07 Å². The molecule has 0 spiro atoms. The zero-order valence-corrected chi connectivity index (χ0v) is 15.4. The van der Waals surface area contributed by atoms with Crippen LogP contribution in [0.2, 0.25) is 0 Å². The first-order valence-corrected chi connectivity index (χ1v) is 9.64. The second-order valence-corrected chi connectivity index (χ2v) is 7.18. The highest BCUT2D eigenvalue weighted by Crippen LogP contribution is 2.31. The second-order valence-electron chi connectivity index (χ2n) is 6.29. The van der Waals surface area contributed by atoms with Crippen LogP contribution in [0.5, 0.6) is 0 Å². The number of para-hydroxylation sites is 1. The van der Waals surface area contributed by atoms with E-state index < -0.39 is 0 Å². The van der Waals surface area contributed by atoms with E-state index in [4.69, 9.17) is 0 Å². The van der Waals surface area contributed by atoms with E-state index >= 15 is 0 Å². The summed E-state index contributed by atoms with van der Waals surface area (Å²) < 4.78 is 1.49. The molecule has 27 heavy (non-hydrogen) atoms. The van der Waals surface area contributed by atoms with Gasteiger partial charge in [-0.25, -0.2) is 14.8 Å². The van der Waals surface area contributed by atoms with Gasteiger partial charge in [-0.2, -0.15) is 0 Å². The van der Waals surface area contributed by atoms with E-state index in [0.717, 1.165) is 6.42 Å². The molecule has 1 saturated heterocycles. The lowest BCUT2D eigenvalue weighted by Crippen LogP contribution is -2.38.